The minimum Gasteiger partial charge on any atom is -0.394 e. The molecule has 1 aromatic carbocycles. The van der Waals surface area contributed by atoms with Crippen molar-refractivity contribution in [2.24, 2.45) is 0 Å². The monoisotopic (exact) mass is 313 g/mol. The molecule has 1 heterocycles. The molecule has 2 rings (SSSR count). The molecule has 1 aliphatic rings. The highest BCUT2D eigenvalue weighted by molar-refractivity contribution is 7.89. The molecule has 1 aromatic rings. The molecule has 0 bridgehead atoms. The molecular weight excluding hydrogens is 290 g/mol. The minimum absolute atomic E-state index is 0.00107. The van der Waals surface area contributed by atoms with Crippen LogP contribution in [-0.4, -0.2) is 50.2 Å². The Hall–Kier alpha value is -0.950. The first-order chi connectivity index (χ1) is 9.95. The van der Waals surface area contributed by atoms with Gasteiger partial charge in [-0.2, -0.15) is 4.31 Å². The van der Waals surface area contributed by atoms with Gasteiger partial charge in [-0.1, -0.05) is 17.7 Å². The van der Waals surface area contributed by atoms with Crippen LogP contribution in [0.15, 0.2) is 23.1 Å². The van der Waals surface area contributed by atoms with E-state index < -0.39 is 10.0 Å². The van der Waals surface area contributed by atoms with Gasteiger partial charge in [0.05, 0.1) is 24.2 Å². The van der Waals surface area contributed by atoms with Crippen LogP contribution in [0.1, 0.15) is 24.0 Å². The van der Waals surface area contributed by atoms with E-state index in [0.717, 1.165) is 11.1 Å². The molecule has 0 atom stereocenters. The molecule has 1 saturated heterocycles. The van der Waals surface area contributed by atoms with Gasteiger partial charge in [0.2, 0.25) is 10.0 Å². The second-order valence-electron chi connectivity index (χ2n) is 5.47. The van der Waals surface area contributed by atoms with Crippen molar-refractivity contribution in [3.63, 3.8) is 0 Å². The van der Waals surface area contributed by atoms with Crippen LogP contribution in [0.4, 0.5) is 0 Å². The summed E-state index contributed by atoms with van der Waals surface area (Å²) in [5.74, 6) is 0. The number of hydrogen-bond acceptors (Lipinski definition) is 4. The second kappa shape index (κ2) is 6.87. The standard InChI is InChI=1S/C15H23NO4S/c1-12-3-4-15(13(2)11-12)21(18,19)16-7-5-14(6-8-16)20-10-9-17/h3-4,11,14,17H,5-10H2,1-2H3. The zero-order valence-corrected chi connectivity index (χ0v) is 13.4. The van der Waals surface area contributed by atoms with Gasteiger partial charge in [0.1, 0.15) is 0 Å². The van der Waals surface area contributed by atoms with Crippen molar-refractivity contribution >= 4 is 10.0 Å². The normalized spacial score (nSPS) is 18.0. The Balaban J connectivity index is 2.08. The van der Waals surface area contributed by atoms with Crippen LogP contribution in [-0.2, 0) is 14.8 Å². The molecule has 5 nitrogen and oxygen atoms in total. The zero-order chi connectivity index (χ0) is 15.5. The summed E-state index contributed by atoms with van der Waals surface area (Å²) in [5, 5.41) is 8.75. The van der Waals surface area contributed by atoms with Gasteiger partial charge in [-0.3, -0.25) is 0 Å². The molecule has 0 unspecified atom stereocenters. The van der Waals surface area contributed by atoms with Gasteiger partial charge in [0.15, 0.2) is 0 Å². The highest BCUT2D eigenvalue weighted by Crippen LogP contribution is 2.24. The molecule has 1 fully saturated rings. The van der Waals surface area contributed by atoms with E-state index in [-0.39, 0.29) is 12.7 Å². The van der Waals surface area contributed by atoms with Crippen LogP contribution >= 0.6 is 0 Å². The van der Waals surface area contributed by atoms with Crippen LogP contribution in [0.25, 0.3) is 0 Å². The Morgan fingerprint density at radius 2 is 1.95 bits per heavy atom. The third-order valence-corrected chi connectivity index (χ3v) is 5.85. The van der Waals surface area contributed by atoms with Crippen LogP contribution in [0.5, 0.6) is 0 Å². The maximum absolute atomic E-state index is 12.7. The van der Waals surface area contributed by atoms with Gasteiger partial charge >= 0.3 is 0 Å². The highest BCUT2D eigenvalue weighted by Gasteiger charge is 2.30. The number of aliphatic hydroxyl groups is 1. The number of ether oxygens (including phenoxy) is 1. The van der Waals surface area contributed by atoms with E-state index in [9.17, 15) is 8.42 Å². The van der Waals surface area contributed by atoms with E-state index >= 15 is 0 Å². The van der Waals surface area contributed by atoms with Crippen LogP contribution in [0, 0.1) is 13.8 Å². The topological polar surface area (TPSA) is 66.8 Å². The first-order valence-corrected chi connectivity index (χ1v) is 8.69. The molecule has 0 aromatic heterocycles. The average Bonchev–Trinajstić information content (AvgIpc) is 2.45. The van der Waals surface area contributed by atoms with Gasteiger partial charge in [-0.05, 0) is 38.3 Å². The summed E-state index contributed by atoms with van der Waals surface area (Å²) in [5.41, 5.74) is 1.84. The number of benzene rings is 1. The third kappa shape index (κ3) is 3.83. The molecule has 0 radical (unpaired) electrons. The Morgan fingerprint density at radius 3 is 2.52 bits per heavy atom. The maximum Gasteiger partial charge on any atom is 0.243 e. The maximum atomic E-state index is 12.7. The van der Waals surface area contributed by atoms with Crippen LogP contribution in [0.3, 0.4) is 0 Å². The molecule has 6 heteroatoms. The minimum atomic E-state index is -3.43. The van der Waals surface area contributed by atoms with Crippen molar-refractivity contribution in [1.29, 1.82) is 0 Å². The summed E-state index contributed by atoms with van der Waals surface area (Å²) in [6, 6.07) is 5.41. The Labute approximate surface area is 126 Å². The highest BCUT2D eigenvalue weighted by atomic mass is 32.2. The molecule has 21 heavy (non-hydrogen) atoms. The van der Waals surface area contributed by atoms with Gasteiger partial charge in [0.25, 0.3) is 0 Å². The van der Waals surface area contributed by atoms with E-state index in [1.807, 2.05) is 26.0 Å². The zero-order valence-electron chi connectivity index (χ0n) is 12.6. The lowest BCUT2D eigenvalue weighted by atomic mass is 10.1. The predicted octanol–water partition coefficient (Wildman–Crippen LogP) is 1.47. The molecule has 0 amide bonds. The Kier molecular flexibility index (Phi) is 5.37. The van der Waals surface area contributed by atoms with Gasteiger partial charge in [-0.25, -0.2) is 8.42 Å². The van der Waals surface area contributed by atoms with Crippen molar-refractivity contribution in [1.82, 2.24) is 4.31 Å². The quantitative estimate of drug-likeness (QED) is 0.894. The van der Waals surface area contributed by atoms with E-state index in [4.69, 9.17) is 9.84 Å². The van der Waals surface area contributed by atoms with Crippen molar-refractivity contribution in [2.45, 2.75) is 37.7 Å². The number of hydrogen-bond donors (Lipinski definition) is 1. The van der Waals surface area contributed by atoms with Crippen molar-refractivity contribution in [2.75, 3.05) is 26.3 Å². The van der Waals surface area contributed by atoms with Crippen molar-refractivity contribution in [3.8, 4) is 0 Å². The second-order valence-corrected chi connectivity index (χ2v) is 7.37. The first kappa shape index (κ1) is 16.4. The number of piperidine rings is 1. The van der Waals surface area contributed by atoms with E-state index in [1.54, 1.807) is 6.07 Å². The number of rotatable bonds is 5. The van der Waals surface area contributed by atoms with E-state index in [1.165, 1.54) is 4.31 Å². The van der Waals surface area contributed by atoms with Gasteiger partial charge < -0.3 is 9.84 Å². The van der Waals surface area contributed by atoms with E-state index in [0.29, 0.717) is 37.4 Å². The molecular formula is C15H23NO4S. The summed E-state index contributed by atoms with van der Waals surface area (Å²) in [6.45, 7) is 5.03. The van der Waals surface area contributed by atoms with Crippen molar-refractivity contribution < 1.29 is 18.3 Å². The van der Waals surface area contributed by atoms with Gasteiger partial charge in [-0.15, -0.1) is 0 Å². The summed E-state index contributed by atoms with van der Waals surface area (Å²) < 4.78 is 32.4. The van der Waals surface area contributed by atoms with Crippen LogP contribution in [0.2, 0.25) is 0 Å². The average molecular weight is 313 g/mol. The number of sulfonamides is 1. The lowest BCUT2D eigenvalue weighted by Crippen LogP contribution is -2.41. The summed E-state index contributed by atoms with van der Waals surface area (Å²) in [4.78, 5) is 0.392. The summed E-state index contributed by atoms with van der Waals surface area (Å²) >= 11 is 0. The largest absolute Gasteiger partial charge is 0.394 e. The Bertz CT molecular complexity index is 577. The fourth-order valence-corrected chi connectivity index (χ4v) is 4.36. The molecule has 1 N–H and O–H groups in total. The number of aryl methyl sites for hydroxylation is 2. The van der Waals surface area contributed by atoms with Crippen LogP contribution < -0.4 is 0 Å². The number of nitrogens with zero attached hydrogens (tertiary/aromatic N) is 1. The smallest absolute Gasteiger partial charge is 0.243 e. The third-order valence-electron chi connectivity index (χ3n) is 3.79. The van der Waals surface area contributed by atoms with E-state index in [2.05, 4.69) is 0 Å². The van der Waals surface area contributed by atoms with Crippen molar-refractivity contribution in [3.05, 3.63) is 29.3 Å². The predicted molar refractivity (Wildman–Crippen MR) is 80.7 cm³/mol. The summed E-state index contributed by atoms with van der Waals surface area (Å²) in [7, 11) is -3.43. The lowest BCUT2D eigenvalue weighted by Gasteiger charge is -2.31. The molecule has 118 valence electrons. The molecule has 1 aliphatic heterocycles. The summed E-state index contributed by atoms with van der Waals surface area (Å²) in [6.07, 6.45) is 1.39. The number of aliphatic hydroxyl groups excluding tert-OH is 1. The first-order valence-electron chi connectivity index (χ1n) is 7.25. The molecule has 0 spiro atoms. The SMILES string of the molecule is Cc1ccc(S(=O)(=O)N2CCC(OCCO)CC2)c(C)c1. The lowest BCUT2D eigenvalue weighted by molar-refractivity contribution is 0.00318. The van der Waals surface area contributed by atoms with Gasteiger partial charge in [0, 0.05) is 13.1 Å². The Morgan fingerprint density at radius 1 is 1.29 bits per heavy atom. The molecule has 0 saturated carbocycles. The fraction of sp³-hybridized carbons (Fsp3) is 0.600. The molecule has 0 aliphatic carbocycles. The fourth-order valence-electron chi connectivity index (χ4n) is 2.69.